The van der Waals surface area contributed by atoms with E-state index in [0.29, 0.717) is 5.76 Å². The number of nitrogens with zero attached hydrogens (tertiary/aromatic N) is 1. The number of benzene rings is 1. The summed E-state index contributed by atoms with van der Waals surface area (Å²) in [6.07, 6.45) is 3.84. The number of hydrogen-bond donors (Lipinski definition) is 1. The van der Waals surface area contributed by atoms with Gasteiger partial charge in [0.15, 0.2) is 5.54 Å². The Labute approximate surface area is 139 Å². The number of amides is 3. The van der Waals surface area contributed by atoms with Gasteiger partial charge in [0, 0.05) is 5.56 Å². The Balaban J connectivity index is 1.59. The molecule has 1 aromatic heterocycles. The molecule has 1 atom stereocenters. The van der Waals surface area contributed by atoms with Crippen LogP contribution in [-0.2, 0) is 16.9 Å². The van der Waals surface area contributed by atoms with Gasteiger partial charge in [0.05, 0.1) is 18.9 Å². The molecule has 0 spiro atoms. The molecule has 1 aliphatic carbocycles. The summed E-state index contributed by atoms with van der Waals surface area (Å²) in [4.78, 5) is 26.4. The highest BCUT2D eigenvalue weighted by molar-refractivity contribution is 6.06. The van der Waals surface area contributed by atoms with Gasteiger partial charge in [-0.05, 0) is 38.0 Å². The van der Waals surface area contributed by atoms with Crippen LogP contribution in [0, 0.1) is 0 Å². The molecule has 1 saturated carbocycles. The number of hydrogen-bond acceptors (Lipinski definition) is 4. The molecule has 1 N–H and O–H groups in total. The van der Waals surface area contributed by atoms with E-state index in [-0.39, 0.29) is 18.6 Å². The first-order valence-electron chi connectivity index (χ1n) is 8.00. The molecule has 6 heteroatoms. The summed E-state index contributed by atoms with van der Waals surface area (Å²) >= 11 is 0. The van der Waals surface area contributed by atoms with Gasteiger partial charge in [0.1, 0.15) is 11.5 Å². The van der Waals surface area contributed by atoms with Crippen molar-refractivity contribution in [2.24, 2.45) is 0 Å². The normalized spacial score (nSPS) is 23.5. The minimum Gasteiger partial charge on any atom is -0.490 e. The summed E-state index contributed by atoms with van der Waals surface area (Å²) in [5.41, 5.74) is -0.357. The van der Waals surface area contributed by atoms with Crippen LogP contribution in [0.3, 0.4) is 0 Å². The lowest BCUT2D eigenvalue weighted by atomic mass is 9.99. The molecule has 2 heterocycles. The van der Waals surface area contributed by atoms with Crippen LogP contribution in [-0.4, -0.2) is 22.9 Å². The summed E-state index contributed by atoms with van der Waals surface area (Å²) in [6.45, 7) is 1.82. The summed E-state index contributed by atoms with van der Waals surface area (Å²) in [5.74, 6) is 0.821. The molecule has 24 heavy (non-hydrogen) atoms. The summed E-state index contributed by atoms with van der Waals surface area (Å²) in [6, 6.07) is 10.5. The number of carbonyl (C=O) groups excluding carboxylic acids is 2. The number of furan rings is 1. The van der Waals surface area contributed by atoms with E-state index >= 15 is 0 Å². The van der Waals surface area contributed by atoms with E-state index < -0.39 is 11.6 Å². The zero-order valence-corrected chi connectivity index (χ0v) is 13.3. The third-order valence-electron chi connectivity index (χ3n) is 4.41. The molecular weight excluding hydrogens is 308 g/mol. The lowest BCUT2D eigenvalue weighted by Gasteiger charge is -2.19. The zero-order chi connectivity index (χ0) is 16.7. The smallest absolute Gasteiger partial charge is 0.325 e. The average Bonchev–Trinajstić information content (AvgIpc) is 3.14. The SMILES string of the molecule is C[C@@]1(c2ccco2)NC(=O)N(Cc2ccccc2OC2CC2)C1=O. The standard InChI is InChI=1S/C18H18N2O4/c1-18(15-7-4-10-23-15)16(21)20(17(22)19-18)11-12-5-2-3-6-14(12)24-13-8-9-13/h2-7,10,13H,8-9,11H2,1H3,(H,19,22)/t18-/m0/s1. The van der Waals surface area contributed by atoms with Gasteiger partial charge in [-0.3, -0.25) is 9.69 Å². The Morgan fingerprint density at radius 1 is 1.25 bits per heavy atom. The van der Waals surface area contributed by atoms with E-state index in [1.165, 1.54) is 11.2 Å². The van der Waals surface area contributed by atoms with Gasteiger partial charge < -0.3 is 14.5 Å². The Morgan fingerprint density at radius 2 is 2.04 bits per heavy atom. The van der Waals surface area contributed by atoms with E-state index in [9.17, 15) is 9.59 Å². The molecule has 0 bridgehead atoms. The van der Waals surface area contributed by atoms with Crippen molar-refractivity contribution in [3.8, 4) is 5.75 Å². The quantitative estimate of drug-likeness (QED) is 0.858. The largest absolute Gasteiger partial charge is 0.490 e. The molecule has 2 fully saturated rings. The van der Waals surface area contributed by atoms with Gasteiger partial charge in [-0.2, -0.15) is 0 Å². The second-order valence-corrected chi connectivity index (χ2v) is 6.35. The first-order chi connectivity index (χ1) is 11.6. The molecule has 0 unspecified atom stereocenters. The van der Waals surface area contributed by atoms with Crippen LogP contribution in [0.5, 0.6) is 5.75 Å². The Bertz CT molecular complexity index is 782. The fourth-order valence-corrected chi connectivity index (χ4v) is 2.86. The van der Waals surface area contributed by atoms with Crippen LogP contribution in [0.15, 0.2) is 47.1 Å². The van der Waals surface area contributed by atoms with Crippen molar-refractivity contribution in [3.63, 3.8) is 0 Å². The highest BCUT2D eigenvalue weighted by atomic mass is 16.5. The van der Waals surface area contributed by atoms with Gasteiger partial charge in [0.2, 0.25) is 0 Å². The average molecular weight is 326 g/mol. The van der Waals surface area contributed by atoms with E-state index in [2.05, 4.69) is 5.32 Å². The molecular formula is C18H18N2O4. The molecule has 0 radical (unpaired) electrons. The van der Waals surface area contributed by atoms with E-state index in [1.807, 2.05) is 24.3 Å². The molecule has 4 rings (SSSR count). The minimum atomic E-state index is -1.17. The fraction of sp³-hybridized carbons (Fsp3) is 0.333. The first-order valence-corrected chi connectivity index (χ1v) is 8.00. The number of urea groups is 1. The van der Waals surface area contributed by atoms with Crippen LogP contribution < -0.4 is 10.1 Å². The van der Waals surface area contributed by atoms with Crippen molar-refractivity contribution in [1.29, 1.82) is 0 Å². The lowest BCUT2D eigenvalue weighted by Crippen LogP contribution is -2.40. The Kier molecular flexibility index (Phi) is 3.33. The zero-order valence-electron chi connectivity index (χ0n) is 13.3. The summed E-state index contributed by atoms with van der Waals surface area (Å²) < 4.78 is 11.2. The second kappa shape index (κ2) is 5.40. The van der Waals surface area contributed by atoms with Crippen LogP contribution in [0.2, 0.25) is 0 Å². The number of carbonyl (C=O) groups is 2. The van der Waals surface area contributed by atoms with Gasteiger partial charge >= 0.3 is 6.03 Å². The topological polar surface area (TPSA) is 71.8 Å². The molecule has 1 aliphatic heterocycles. The third kappa shape index (κ3) is 2.44. The number of rotatable bonds is 5. The number of nitrogens with one attached hydrogen (secondary N) is 1. The first kappa shape index (κ1) is 14.8. The van der Waals surface area contributed by atoms with Gasteiger partial charge in [-0.1, -0.05) is 18.2 Å². The lowest BCUT2D eigenvalue weighted by molar-refractivity contribution is -0.132. The van der Waals surface area contributed by atoms with Crippen molar-refractivity contribution < 1.29 is 18.7 Å². The van der Waals surface area contributed by atoms with Crippen LogP contribution in [0.25, 0.3) is 0 Å². The minimum absolute atomic E-state index is 0.170. The maximum Gasteiger partial charge on any atom is 0.325 e. The fourth-order valence-electron chi connectivity index (χ4n) is 2.86. The van der Waals surface area contributed by atoms with Crippen molar-refractivity contribution in [3.05, 3.63) is 54.0 Å². The van der Waals surface area contributed by atoms with Gasteiger partial charge in [0.25, 0.3) is 5.91 Å². The molecule has 1 saturated heterocycles. The second-order valence-electron chi connectivity index (χ2n) is 6.35. The highest BCUT2D eigenvalue weighted by Gasteiger charge is 2.51. The van der Waals surface area contributed by atoms with Crippen LogP contribution in [0.1, 0.15) is 31.1 Å². The molecule has 2 aromatic rings. The molecule has 1 aromatic carbocycles. The number of ether oxygens (including phenoxy) is 1. The summed E-state index contributed by atoms with van der Waals surface area (Å²) in [7, 11) is 0. The van der Waals surface area contributed by atoms with Gasteiger partial charge in [-0.25, -0.2) is 4.79 Å². The number of para-hydroxylation sites is 1. The highest BCUT2D eigenvalue weighted by Crippen LogP contribution is 2.33. The predicted molar refractivity (Wildman–Crippen MR) is 85.2 cm³/mol. The van der Waals surface area contributed by atoms with Gasteiger partial charge in [-0.15, -0.1) is 0 Å². The molecule has 3 amide bonds. The van der Waals surface area contributed by atoms with E-state index in [4.69, 9.17) is 9.15 Å². The Hall–Kier alpha value is -2.76. The predicted octanol–water partition coefficient (Wildman–Crippen LogP) is 2.79. The molecule has 124 valence electrons. The van der Waals surface area contributed by atoms with Crippen LogP contribution >= 0.6 is 0 Å². The van der Waals surface area contributed by atoms with Crippen molar-refractivity contribution in [2.75, 3.05) is 0 Å². The summed E-state index contributed by atoms with van der Waals surface area (Å²) in [5, 5.41) is 2.73. The maximum atomic E-state index is 12.8. The maximum absolute atomic E-state index is 12.8. The third-order valence-corrected chi connectivity index (χ3v) is 4.41. The van der Waals surface area contributed by atoms with E-state index in [0.717, 1.165) is 24.2 Å². The molecule has 6 nitrogen and oxygen atoms in total. The Morgan fingerprint density at radius 3 is 2.75 bits per heavy atom. The number of imide groups is 1. The van der Waals surface area contributed by atoms with E-state index in [1.54, 1.807) is 19.1 Å². The van der Waals surface area contributed by atoms with Crippen molar-refractivity contribution in [1.82, 2.24) is 10.2 Å². The van der Waals surface area contributed by atoms with Crippen molar-refractivity contribution in [2.45, 2.75) is 38.0 Å². The van der Waals surface area contributed by atoms with Crippen LogP contribution in [0.4, 0.5) is 4.79 Å². The molecule has 2 aliphatic rings. The van der Waals surface area contributed by atoms with Crippen molar-refractivity contribution >= 4 is 11.9 Å². The monoisotopic (exact) mass is 326 g/mol.